The van der Waals surface area contributed by atoms with Gasteiger partial charge in [-0.25, -0.2) is 0 Å². The minimum atomic E-state index is -0.153. The molecule has 0 bridgehead atoms. The molecule has 0 atom stereocenters. The van der Waals surface area contributed by atoms with Crippen LogP contribution in [0.15, 0.2) is 42.5 Å². The second kappa shape index (κ2) is 6.64. The molecule has 2 aliphatic rings. The van der Waals surface area contributed by atoms with E-state index in [-0.39, 0.29) is 12.7 Å². The Morgan fingerprint density at radius 2 is 1.84 bits per heavy atom. The Morgan fingerprint density at radius 3 is 2.68 bits per heavy atom. The predicted octanol–water partition coefficient (Wildman–Crippen LogP) is 2.42. The van der Waals surface area contributed by atoms with Crippen molar-refractivity contribution in [3.05, 3.63) is 48.0 Å². The molecule has 4 rings (SSSR count). The molecule has 2 heterocycles. The molecule has 6 nitrogen and oxygen atoms in total. The third kappa shape index (κ3) is 3.25. The van der Waals surface area contributed by atoms with Gasteiger partial charge in [0.05, 0.1) is 5.69 Å². The van der Waals surface area contributed by atoms with E-state index >= 15 is 0 Å². The number of hydrogen-bond donors (Lipinski definition) is 1. The Bertz CT molecular complexity index is 785. The zero-order chi connectivity index (χ0) is 17.2. The van der Waals surface area contributed by atoms with Crippen LogP contribution in [-0.2, 0) is 0 Å². The van der Waals surface area contributed by atoms with Crippen LogP contribution in [0.3, 0.4) is 0 Å². The SMILES string of the molecule is CN1CCN(c2cccc(C(=O)Nc3cccc4c3OCO4)c2)CC1. The molecule has 1 fully saturated rings. The van der Waals surface area contributed by atoms with E-state index in [1.165, 1.54) is 0 Å². The molecule has 0 saturated carbocycles. The fourth-order valence-electron chi connectivity index (χ4n) is 3.13. The summed E-state index contributed by atoms with van der Waals surface area (Å²) in [4.78, 5) is 17.3. The normalized spacial score (nSPS) is 16.8. The van der Waals surface area contributed by atoms with Crippen molar-refractivity contribution in [2.45, 2.75) is 0 Å². The summed E-state index contributed by atoms with van der Waals surface area (Å²) in [7, 11) is 2.13. The smallest absolute Gasteiger partial charge is 0.255 e. The number of rotatable bonds is 3. The number of piperazine rings is 1. The number of para-hydroxylation sites is 1. The van der Waals surface area contributed by atoms with Gasteiger partial charge in [-0.3, -0.25) is 4.79 Å². The van der Waals surface area contributed by atoms with Gasteiger partial charge >= 0.3 is 0 Å². The minimum Gasteiger partial charge on any atom is -0.454 e. The first-order valence-electron chi connectivity index (χ1n) is 8.44. The number of nitrogens with one attached hydrogen (secondary N) is 1. The summed E-state index contributed by atoms with van der Waals surface area (Å²) in [6.45, 7) is 4.19. The van der Waals surface area contributed by atoms with Gasteiger partial charge in [0.15, 0.2) is 11.5 Å². The Balaban J connectivity index is 1.51. The minimum absolute atomic E-state index is 0.153. The van der Waals surface area contributed by atoms with E-state index in [1.54, 1.807) is 0 Å². The van der Waals surface area contributed by atoms with Crippen molar-refractivity contribution in [1.82, 2.24) is 4.90 Å². The zero-order valence-electron chi connectivity index (χ0n) is 14.2. The third-order valence-electron chi connectivity index (χ3n) is 4.62. The van der Waals surface area contributed by atoms with E-state index in [4.69, 9.17) is 9.47 Å². The van der Waals surface area contributed by atoms with Crippen LogP contribution in [0.2, 0.25) is 0 Å². The van der Waals surface area contributed by atoms with Crippen LogP contribution in [0.5, 0.6) is 11.5 Å². The molecule has 1 saturated heterocycles. The maximum Gasteiger partial charge on any atom is 0.255 e. The van der Waals surface area contributed by atoms with Gasteiger partial charge < -0.3 is 24.6 Å². The second-order valence-corrected chi connectivity index (χ2v) is 6.33. The highest BCUT2D eigenvalue weighted by molar-refractivity contribution is 6.05. The Morgan fingerprint density at radius 1 is 1.04 bits per heavy atom. The molecule has 6 heteroatoms. The quantitative estimate of drug-likeness (QED) is 0.931. The van der Waals surface area contributed by atoms with Crippen LogP contribution >= 0.6 is 0 Å². The summed E-state index contributed by atoms with van der Waals surface area (Å²) in [5, 5.41) is 2.93. The molecular weight excluding hydrogens is 318 g/mol. The molecule has 25 heavy (non-hydrogen) atoms. The third-order valence-corrected chi connectivity index (χ3v) is 4.62. The molecule has 2 aromatic carbocycles. The number of amides is 1. The van der Waals surface area contributed by atoms with E-state index in [9.17, 15) is 4.79 Å². The lowest BCUT2D eigenvalue weighted by Gasteiger charge is -2.34. The average molecular weight is 339 g/mol. The average Bonchev–Trinajstić information content (AvgIpc) is 3.12. The van der Waals surface area contributed by atoms with Crippen LogP contribution in [0.25, 0.3) is 0 Å². The monoisotopic (exact) mass is 339 g/mol. The summed E-state index contributed by atoms with van der Waals surface area (Å²) in [6.07, 6.45) is 0. The van der Waals surface area contributed by atoms with Crippen LogP contribution in [0.1, 0.15) is 10.4 Å². The topological polar surface area (TPSA) is 54.0 Å². The first kappa shape index (κ1) is 15.8. The van der Waals surface area contributed by atoms with Gasteiger partial charge in [-0.1, -0.05) is 12.1 Å². The van der Waals surface area contributed by atoms with Crippen molar-refractivity contribution < 1.29 is 14.3 Å². The van der Waals surface area contributed by atoms with Crippen molar-refractivity contribution in [3.8, 4) is 11.5 Å². The predicted molar refractivity (Wildman–Crippen MR) is 96.7 cm³/mol. The number of ether oxygens (including phenoxy) is 2. The number of hydrogen-bond acceptors (Lipinski definition) is 5. The first-order chi connectivity index (χ1) is 12.2. The summed E-state index contributed by atoms with van der Waals surface area (Å²) < 4.78 is 10.8. The highest BCUT2D eigenvalue weighted by Gasteiger charge is 2.20. The lowest BCUT2D eigenvalue weighted by Crippen LogP contribution is -2.44. The maximum absolute atomic E-state index is 12.7. The van der Waals surface area contributed by atoms with E-state index in [0.717, 1.165) is 31.9 Å². The van der Waals surface area contributed by atoms with E-state index in [2.05, 4.69) is 28.2 Å². The Labute approximate surface area is 146 Å². The van der Waals surface area contributed by atoms with Gasteiger partial charge in [0.2, 0.25) is 6.79 Å². The number of carbonyl (C=O) groups excluding carboxylic acids is 1. The molecule has 1 amide bonds. The van der Waals surface area contributed by atoms with Gasteiger partial charge in [0, 0.05) is 37.4 Å². The Hall–Kier alpha value is -2.73. The van der Waals surface area contributed by atoms with Gasteiger partial charge in [0.25, 0.3) is 5.91 Å². The van der Waals surface area contributed by atoms with Crippen molar-refractivity contribution in [2.75, 3.05) is 50.2 Å². The fraction of sp³-hybridized carbons (Fsp3) is 0.316. The largest absolute Gasteiger partial charge is 0.454 e. The molecule has 2 aliphatic heterocycles. The van der Waals surface area contributed by atoms with Crippen LogP contribution in [0.4, 0.5) is 11.4 Å². The van der Waals surface area contributed by atoms with Crippen molar-refractivity contribution >= 4 is 17.3 Å². The van der Waals surface area contributed by atoms with Crippen molar-refractivity contribution in [2.24, 2.45) is 0 Å². The van der Waals surface area contributed by atoms with Crippen LogP contribution < -0.4 is 19.7 Å². The maximum atomic E-state index is 12.7. The molecule has 0 spiro atoms. The first-order valence-corrected chi connectivity index (χ1v) is 8.44. The van der Waals surface area contributed by atoms with E-state index in [0.29, 0.717) is 22.7 Å². The molecule has 0 radical (unpaired) electrons. The Kier molecular flexibility index (Phi) is 4.19. The molecular formula is C19H21N3O3. The van der Waals surface area contributed by atoms with Crippen molar-refractivity contribution in [1.29, 1.82) is 0 Å². The second-order valence-electron chi connectivity index (χ2n) is 6.33. The summed E-state index contributed by atoms with van der Waals surface area (Å²) in [6, 6.07) is 13.2. The number of nitrogens with zero attached hydrogens (tertiary/aromatic N) is 2. The highest BCUT2D eigenvalue weighted by Crippen LogP contribution is 2.39. The van der Waals surface area contributed by atoms with Gasteiger partial charge in [0.1, 0.15) is 0 Å². The number of carbonyl (C=O) groups is 1. The number of anilines is 2. The summed E-state index contributed by atoms with van der Waals surface area (Å²) in [5.41, 5.74) is 2.34. The van der Waals surface area contributed by atoms with Crippen molar-refractivity contribution in [3.63, 3.8) is 0 Å². The van der Waals surface area contributed by atoms with E-state index in [1.807, 2.05) is 36.4 Å². The van der Waals surface area contributed by atoms with Gasteiger partial charge in [-0.05, 0) is 37.4 Å². The summed E-state index contributed by atoms with van der Waals surface area (Å²) >= 11 is 0. The van der Waals surface area contributed by atoms with E-state index < -0.39 is 0 Å². The molecule has 130 valence electrons. The lowest BCUT2D eigenvalue weighted by molar-refractivity contribution is 0.102. The number of benzene rings is 2. The molecule has 0 unspecified atom stereocenters. The molecule has 0 aliphatic carbocycles. The highest BCUT2D eigenvalue weighted by atomic mass is 16.7. The number of likely N-dealkylation sites (N-methyl/N-ethyl adjacent to an activating group) is 1. The zero-order valence-corrected chi connectivity index (χ0v) is 14.2. The van der Waals surface area contributed by atoms with Gasteiger partial charge in [-0.15, -0.1) is 0 Å². The molecule has 2 aromatic rings. The lowest BCUT2D eigenvalue weighted by atomic mass is 10.1. The summed E-state index contributed by atoms with van der Waals surface area (Å²) in [5.74, 6) is 1.09. The van der Waals surface area contributed by atoms with Crippen LogP contribution in [0, 0.1) is 0 Å². The molecule has 0 aromatic heterocycles. The van der Waals surface area contributed by atoms with Crippen LogP contribution in [-0.4, -0.2) is 50.8 Å². The number of fused-ring (bicyclic) bond motifs is 1. The van der Waals surface area contributed by atoms with Gasteiger partial charge in [-0.2, -0.15) is 0 Å². The fourth-order valence-corrected chi connectivity index (χ4v) is 3.13. The standard InChI is InChI=1S/C19H21N3O3/c1-21-8-10-22(11-9-21)15-5-2-4-14(12-15)19(23)20-16-6-3-7-17-18(16)25-13-24-17/h2-7,12H,8-11,13H2,1H3,(H,20,23). The molecule has 1 N–H and O–H groups in total.